The van der Waals surface area contributed by atoms with E-state index in [4.69, 9.17) is 15.1 Å². The summed E-state index contributed by atoms with van der Waals surface area (Å²) in [6.45, 7) is 7.20. The molecule has 0 saturated carbocycles. The first kappa shape index (κ1) is 20.2. The number of para-hydroxylation sites is 1. The molecule has 3 aromatic heterocycles. The van der Waals surface area contributed by atoms with Gasteiger partial charge in [0.05, 0.1) is 18.5 Å². The molecule has 0 fully saturated rings. The van der Waals surface area contributed by atoms with Crippen LogP contribution in [0.4, 0.5) is 11.5 Å². The van der Waals surface area contributed by atoms with Crippen molar-refractivity contribution in [2.24, 2.45) is 0 Å². The molecule has 0 saturated heterocycles. The number of hydrogen-bond donors (Lipinski definition) is 4. The third kappa shape index (κ3) is 4.25. The van der Waals surface area contributed by atoms with Crippen molar-refractivity contribution in [2.75, 3.05) is 31.6 Å². The SMILES string of the molecule is Cc1cccc(C)c1Nc1nc2ccc(CNCCNCCO)nc2n2cncc12. The summed E-state index contributed by atoms with van der Waals surface area (Å²) in [6, 6.07) is 10.2. The van der Waals surface area contributed by atoms with Crippen molar-refractivity contribution in [1.29, 1.82) is 0 Å². The van der Waals surface area contributed by atoms with Crippen molar-refractivity contribution in [1.82, 2.24) is 30.0 Å². The molecule has 4 rings (SSSR count). The fourth-order valence-corrected chi connectivity index (χ4v) is 3.48. The largest absolute Gasteiger partial charge is 0.395 e. The maximum atomic E-state index is 8.79. The van der Waals surface area contributed by atoms with Crippen LogP contribution in [0.5, 0.6) is 0 Å². The number of nitrogens with one attached hydrogen (secondary N) is 3. The Morgan fingerprint density at radius 1 is 0.967 bits per heavy atom. The van der Waals surface area contributed by atoms with Crippen molar-refractivity contribution in [3.05, 3.63) is 59.7 Å². The minimum Gasteiger partial charge on any atom is -0.395 e. The number of fused-ring (bicyclic) bond motifs is 3. The molecular formula is C22H27N7O. The number of aliphatic hydroxyl groups excluding tert-OH is 1. The first-order chi connectivity index (χ1) is 14.7. The van der Waals surface area contributed by atoms with Gasteiger partial charge in [-0.1, -0.05) is 18.2 Å². The average molecular weight is 406 g/mol. The highest BCUT2D eigenvalue weighted by Crippen LogP contribution is 2.27. The molecule has 4 N–H and O–H groups in total. The summed E-state index contributed by atoms with van der Waals surface area (Å²) < 4.78 is 1.98. The Labute approximate surface area is 175 Å². The molecule has 1 aromatic carbocycles. The van der Waals surface area contributed by atoms with E-state index in [0.717, 1.165) is 47.0 Å². The van der Waals surface area contributed by atoms with Crippen LogP contribution in [0.15, 0.2) is 42.9 Å². The number of pyridine rings is 1. The lowest BCUT2D eigenvalue weighted by Gasteiger charge is -2.14. The van der Waals surface area contributed by atoms with E-state index < -0.39 is 0 Å². The van der Waals surface area contributed by atoms with E-state index in [-0.39, 0.29) is 6.61 Å². The molecule has 0 atom stereocenters. The predicted octanol–water partition coefficient (Wildman–Crippen LogP) is 2.31. The molecule has 0 radical (unpaired) electrons. The zero-order chi connectivity index (χ0) is 20.9. The lowest BCUT2D eigenvalue weighted by Crippen LogP contribution is -2.29. The van der Waals surface area contributed by atoms with Crippen molar-refractivity contribution in [2.45, 2.75) is 20.4 Å². The molecule has 8 heteroatoms. The van der Waals surface area contributed by atoms with Gasteiger partial charge in [-0.3, -0.25) is 4.40 Å². The van der Waals surface area contributed by atoms with Crippen LogP contribution >= 0.6 is 0 Å². The smallest absolute Gasteiger partial charge is 0.164 e. The molecule has 0 bridgehead atoms. The van der Waals surface area contributed by atoms with Crippen LogP contribution in [0.2, 0.25) is 0 Å². The van der Waals surface area contributed by atoms with Gasteiger partial charge in [0.2, 0.25) is 0 Å². The standard InChI is InChI=1S/C22H27N7O/c1-15-4-3-5-16(2)20(15)28-21-19-13-25-14-29(19)22-18(27-21)7-6-17(26-22)12-24-9-8-23-10-11-30/h3-7,13-14,23-24,30H,8-12H2,1-2H3,(H,27,28). The van der Waals surface area contributed by atoms with E-state index in [0.29, 0.717) is 13.1 Å². The lowest BCUT2D eigenvalue weighted by atomic mass is 10.1. The fraction of sp³-hybridized carbons (Fsp3) is 0.318. The normalized spacial score (nSPS) is 11.4. The molecule has 0 aliphatic heterocycles. The second-order valence-corrected chi connectivity index (χ2v) is 7.30. The Kier molecular flexibility index (Phi) is 6.18. The van der Waals surface area contributed by atoms with E-state index in [2.05, 4.69) is 53.0 Å². The minimum absolute atomic E-state index is 0.153. The van der Waals surface area contributed by atoms with Crippen molar-refractivity contribution < 1.29 is 5.11 Å². The summed E-state index contributed by atoms with van der Waals surface area (Å²) >= 11 is 0. The summed E-state index contributed by atoms with van der Waals surface area (Å²) in [5.74, 6) is 0.764. The van der Waals surface area contributed by atoms with Gasteiger partial charge in [0.15, 0.2) is 11.5 Å². The number of rotatable bonds is 9. The van der Waals surface area contributed by atoms with Gasteiger partial charge in [-0.2, -0.15) is 0 Å². The molecule has 0 spiro atoms. The molecule has 4 aromatic rings. The van der Waals surface area contributed by atoms with E-state index in [9.17, 15) is 0 Å². The number of nitrogens with zero attached hydrogens (tertiary/aromatic N) is 4. The van der Waals surface area contributed by atoms with Gasteiger partial charge in [0.25, 0.3) is 0 Å². The Bertz CT molecular complexity index is 1130. The van der Waals surface area contributed by atoms with Crippen LogP contribution in [0.3, 0.4) is 0 Å². The molecule has 3 heterocycles. The van der Waals surface area contributed by atoms with Crippen molar-refractivity contribution >= 4 is 28.2 Å². The average Bonchev–Trinajstić information content (AvgIpc) is 3.24. The maximum absolute atomic E-state index is 8.79. The zero-order valence-electron chi connectivity index (χ0n) is 17.3. The monoisotopic (exact) mass is 405 g/mol. The van der Waals surface area contributed by atoms with E-state index in [1.165, 1.54) is 11.1 Å². The Balaban J connectivity index is 1.60. The Hall–Kier alpha value is -3.07. The van der Waals surface area contributed by atoms with Crippen molar-refractivity contribution in [3.8, 4) is 0 Å². The topological polar surface area (TPSA) is 99.4 Å². The molecule has 0 unspecified atom stereocenters. The molecule has 0 aliphatic carbocycles. The van der Waals surface area contributed by atoms with Crippen LogP contribution in [0.1, 0.15) is 16.8 Å². The van der Waals surface area contributed by atoms with E-state index >= 15 is 0 Å². The third-order valence-corrected chi connectivity index (χ3v) is 5.05. The first-order valence-corrected chi connectivity index (χ1v) is 10.1. The lowest BCUT2D eigenvalue weighted by molar-refractivity contribution is 0.292. The summed E-state index contributed by atoms with van der Waals surface area (Å²) in [5, 5.41) is 18.8. The number of aryl methyl sites for hydroxylation is 2. The van der Waals surface area contributed by atoms with E-state index in [1.807, 2.05) is 22.7 Å². The molecule has 0 amide bonds. The first-order valence-electron chi connectivity index (χ1n) is 10.1. The molecule has 156 valence electrons. The molecule has 30 heavy (non-hydrogen) atoms. The van der Waals surface area contributed by atoms with Gasteiger partial charge in [0, 0.05) is 31.9 Å². The number of benzene rings is 1. The summed E-state index contributed by atoms with van der Waals surface area (Å²) in [7, 11) is 0. The fourth-order valence-electron chi connectivity index (χ4n) is 3.48. The highest BCUT2D eigenvalue weighted by molar-refractivity contribution is 5.84. The van der Waals surface area contributed by atoms with Gasteiger partial charge in [-0.15, -0.1) is 0 Å². The number of aromatic nitrogens is 4. The van der Waals surface area contributed by atoms with Gasteiger partial charge in [-0.25, -0.2) is 15.0 Å². The highest BCUT2D eigenvalue weighted by atomic mass is 16.3. The second-order valence-electron chi connectivity index (χ2n) is 7.30. The van der Waals surface area contributed by atoms with Gasteiger partial charge in [0.1, 0.15) is 17.4 Å². The van der Waals surface area contributed by atoms with E-state index in [1.54, 1.807) is 6.33 Å². The van der Waals surface area contributed by atoms with Gasteiger partial charge >= 0.3 is 0 Å². The predicted molar refractivity (Wildman–Crippen MR) is 119 cm³/mol. The molecular weight excluding hydrogens is 378 g/mol. The summed E-state index contributed by atoms with van der Waals surface area (Å²) in [6.07, 6.45) is 3.58. The van der Waals surface area contributed by atoms with Crippen LogP contribution in [-0.2, 0) is 6.54 Å². The van der Waals surface area contributed by atoms with Crippen LogP contribution < -0.4 is 16.0 Å². The van der Waals surface area contributed by atoms with Crippen LogP contribution in [0.25, 0.3) is 16.7 Å². The Morgan fingerprint density at radius 3 is 2.57 bits per heavy atom. The highest BCUT2D eigenvalue weighted by Gasteiger charge is 2.12. The summed E-state index contributed by atoms with van der Waals surface area (Å²) in [5.41, 5.74) is 6.82. The number of imidazole rings is 1. The quantitative estimate of drug-likeness (QED) is 0.317. The maximum Gasteiger partial charge on any atom is 0.164 e. The molecule has 8 nitrogen and oxygen atoms in total. The minimum atomic E-state index is 0.153. The van der Waals surface area contributed by atoms with Crippen molar-refractivity contribution in [3.63, 3.8) is 0 Å². The number of anilines is 2. The summed E-state index contributed by atoms with van der Waals surface area (Å²) in [4.78, 5) is 14.0. The van der Waals surface area contributed by atoms with Crippen LogP contribution in [0, 0.1) is 13.8 Å². The Morgan fingerprint density at radius 2 is 1.77 bits per heavy atom. The third-order valence-electron chi connectivity index (χ3n) is 5.05. The van der Waals surface area contributed by atoms with Gasteiger partial charge in [-0.05, 0) is 37.1 Å². The van der Waals surface area contributed by atoms with Gasteiger partial charge < -0.3 is 21.1 Å². The second kappa shape index (κ2) is 9.17. The molecule has 0 aliphatic rings. The van der Waals surface area contributed by atoms with Crippen LogP contribution in [-0.4, -0.2) is 50.7 Å². The zero-order valence-corrected chi connectivity index (χ0v) is 17.3. The number of hydrogen-bond acceptors (Lipinski definition) is 7. The number of aliphatic hydroxyl groups is 1.